The number of H-pyrrole nitrogens is 3. The van der Waals surface area contributed by atoms with Gasteiger partial charge in [-0.15, -0.1) is 0 Å². The van der Waals surface area contributed by atoms with E-state index in [1.807, 2.05) is 6.07 Å². The van der Waals surface area contributed by atoms with Gasteiger partial charge in [0.25, 0.3) is 5.56 Å². The number of hydrogen-bond acceptors (Lipinski definition) is 5. The third-order valence-corrected chi connectivity index (χ3v) is 2.98. The number of ether oxygens (including phenoxy) is 1. The van der Waals surface area contributed by atoms with E-state index in [2.05, 4.69) is 19.9 Å². The number of fused-ring (bicyclic) bond motifs is 1. The van der Waals surface area contributed by atoms with Crippen LogP contribution in [0.1, 0.15) is 5.56 Å². The highest BCUT2D eigenvalue weighted by Gasteiger charge is 2.13. The average Bonchev–Trinajstić information content (AvgIpc) is 2.90. The zero-order valence-corrected chi connectivity index (χ0v) is 10.9. The zero-order valence-electron chi connectivity index (χ0n) is 10.9. The number of benzene rings is 1. The Kier molecular flexibility index (Phi) is 2.80. The predicted octanol–water partition coefficient (Wildman–Crippen LogP) is 0.487. The van der Waals surface area contributed by atoms with Gasteiger partial charge in [0.2, 0.25) is 0 Å². The Morgan fingerprint density at radius 1 is 1.24 bits per heavy atom. The Hall–Kier alpha value is -3.34. The van der Waals surface area contributed by atoms with E-state index in [0.29, 0.717) is 22.7 Å². The van der Waals surface area contributed by atoms with Gasteiger partial charge >= 0.3 is 5.69 Å². The second-order valence-corrected chi connectivity index (χ2v) is 4.24. The normalized spacial score (nSPS) is 10.5. The maximum Gasteiger partial charge on any atom is 0.327 e. The van der Waals surface area contributed by atoms with E-state index in [-0.39, 0.29) is 11.2 Å². The van der Waals surface area contributed by atoms with Crippen molar-refractivity contribution in [3.8, 4) is 23.2 Å². The van der Waals surface area contributed by atoms with Crippen LogP contribution in [0.25, 0.3) is 22.6 Å². The fourth-order valence-corrected chi connectivity index (χ4v) is 2.02. The molecule has 0 radical (unpaired) electrons. The molecule has 0 saturated carbocycles. The first-order chi connectivity index (χ1) is 10.1. The Bertz CT molecular complexity index is 989. The maximum absolute atomic E-state index is 11.7. The van der Waals surface area contributed by atoms with Gasteiger partial charge in [-0.1, -0.05) is 0 Å². The molecule has 0 aliphatic carbocycles. The first-order valence-corrected chi connectivity index (χ1v) is 5.93. The number of hydrogen-bond donors (Lipinski definition) is 3. The summed E-state index contributed by atoms with van der Waals surface area (Å²) in [4.78, 5) is 34.5. The number of methoxy groups -OCH3 is 1. The Morgan fingerprint density at radius 3 is 2.76 bits per heavy atom. The van der Waals surface area contributed by atoms with Crippen molar-refractivity contribution in [1.82, 2.24) is 19.9 Å². The lowest BCUT2D eigenvalue weighted by atomic mass is 10.1. The molecule has 104 valence electrons. The minimum atomic E-state index is -0.627. The van der Waals surface area contributed by atoms with Crippen molar-refractivity contribution in [1.29, 1.82) is 5.26 Å². The van der Waals surface area contributed by atoms with E-state index in [0.717, 1.165) is 0 Å². The summed E-state index contributed by atoms with van der Waals surface area (Å²) < 4.78 is 5.22. The first kappa shape index (κ1) is 12.7. The van der Waals surface area contributed by atoms with Gasteiger partial charge in [0, 0.05) is 0 Å². The molecule has 8 heteroatoms. The van der Waals surface area contributed by atoms with Crippen LogP contribution in [0.3, 0.4) is 0 Å². The van der Waals surface area contributed by atoms with Crippen LogP contribution in [-0.2, 0) is 0 Å². The average molecular weight is 283 g/mol. The number of aromatic nitrogens is 4. The molecule has 2 aromatic heterocycles. The van der Waals surface area contributed by atoms with Gasteiger partial charge in [-0.3, -0.25) is 14.8 Å². The molecule has 0 aliphatic rings. The van der Waals surface area contributed by atoms with E-state index >= 15 is 0 Å². The van der Waals surface area contributed by atoms with Gasteiger partial charge in [-0.05, 0) is 18.2 Å². The minimum Gasteiger partial charge on any atom is -0.496 e. The number of nitrogens with zero attached hydrogens (tertiary/aromatic N) is 2. The molecule has 0 saturated heterocycles. The van der Waals surface area contributed by atoms with Gasteiger partial charge in [0.15, 0.2) is 5.65 Å². The monoisotopic (exact) mass is 283 g/mol. The van der Waals surface area contributed by atoms with Crippen LogP contribution < -0.4 is 16.0 Å². The molecule has 3 rings (SSSR count). The fraction of sp³-hybridized carbons (Fsp3) is 0.0769. The van der Waals surface area contributed by atoms with Crippen LogP contribution in [0, 0.1) is 11.3 Å². The Morgan fingerprint density at radius 2 is 2.05 bits per heavy atom. The number of nitriles is 1. The molecule has 3 N–H and O–H groups in total. The Labute approximate surface area is 117 Å². The molecule has 2 heterocycles. The van der Waals surface area contributed by atoms with E-state index in [9.17, 15) is 9.59 Å². The SMILES string of the molecule is COc1cc(C#N)ccc1-c1nc2[nH]c(=O)[nH]c(=O)c2[nH]1. The van der Waals surface area contributed by atoms with Crippen LogP contribution in [-0.4, -0.2) is 27.0 Å². The topological polar surface area (TPSA) is 127 Å². The van der Waals surface area contributed by atoms with Crippen molar-refractivity contribution < 1.29 is 4.74 Å². The molecule has 0 unspecified atom stereocenters. The molecule has 0 aliphatic heterocycles. The number of nitrogens with one attached hydrogen (secondary N) is 3. The molecular formula is C13H9N5O3. The highest BCUT2D eigenvalue weighted by atomic mass is 16.5. The fourth-order valence-electron chi connectivity index (χ4n) is 2.02. The molecule has 0 amide bonds. The summed E-state index contributed by atoms with van der Waals surface area (Å²) in [5.41, 5.74) is 0.157. The molecule has 8 nitrogen and oxygen atoms in total. The van der Waals surface area contributed by atoms with E-state index in [4.69, 9.17) is 10.00 Å². The molecule has 0 bridgehead atoms. The van der Waals surface area contributed by atoms with E-state index in [1.165, 1.54) is 7.11 Å². The van der Waals surface area contributed by atoms with Crippen LogP contribution in [0.15, 0.2) is 27.8 Å². The second kappa shape index (κ2) is 4.64. The summed E-state index contributed by atoms with van der Waals surface area (Å²) >= 11 is 0. The summed E-state index contributed by atoms with van der Waals surface area (Å²) in [6.45, 7) is 0. The van der Waals surface area contributed by atoms with E-state index in [1.54, 1.807) is 18.2 Å². The minimum absolute atomic E-state index is 0.158. The van der Waals surface area contributed by atoms with Crippen LogP contribution in [0.4, 0.5) is 0 Å². The number of rotatable bonds is 2. The molecule has 0 spiro atoms. The number of imidazole rings is 1. The maximum atomic E-state index is 11.7. The van der Waals surface area contributed by atoms with E-state index < -0.39 is 11.2 Å². The zero-order chi connectivity index (χ0) is 15.0. The summed E-state index contributed by atoms with van der Waals surface area (Å²) in [5.74, 6) is 0.797. The lowest BCUT2D eigenvalue weighted by molar-refractivity contribution is 0.416. The Balaban J connectivity index is 2.26. The van der Waals surface area contributed by atoms with Crippen molar-refractivity contribution in [2.75, 3.05) is 7.11 Å². The summed E-state index contributed by atoms with van der Waals surface area (Å²) in [6.07, 6.45) is 0. The van der Waals surface area contributed by atoms with Crippen molar-refractivity contribution in [2.24, 2.45) is 0 Å². The van der Waals surface area contributed by atoms with Crippen molar-refractivity contribution >= 4 is 11.2 Å². The quantitative estimate of drug-likeness (QED) is 0.630. The standard InChI is InChI=1S/C13H9N5O3/c1-21-8-4-6(5-14)2-3-7(8)10-15-9-11(16-10)17-13(20)18-12(9)19/h2-4H,1H3,(H3,15,16,17,18,19,20). The van der Waals surface area contributed by atoms with Crippen LogP contribution in [0.2, 0.25) is 0 Å². The summed E-state index contributed by atoms with van der Waals surface area (Å²) in [7, 11) is 1.47. The van der Waals surface area contributed by atoms with Crippen LogP contribution >= 0.6 is 0 Å². The highest BCUT2D eigenvalue weighted by molar-refractivity contribution is 5.77. The lowest BCUT2D eigenvalue weighted by Crippen LogP contribution is -2.21. The largest absolute Gasteiger partial charge is 0.496 e. The molecule has 21 heavy (non-hydrogen) atoms. The molecule has 0 atom stereocenters. The van der Waals surface area contributed by atoms with Gasteiger partial charge < -0.3 is 9.72 Å². The summed E-state index contributed by atoms with van der Waals surface area (Å²) in [5, 5.41) is 8.89. The molecule has 1 aromatic carbocycles. The smallest absolute Gasteiger partial charge is 0.327 e. The summed E-state index contributed by atoms with van der Waals surface area (Å²) in [6, 6.07) is 6.84. The third-order valence-electron chi connectivity index (χ3n) is 2.98. The van der Waals surface area contributed by atoms with Crippen molar-refractivity contribution in [3.05, 3.63) is 44.6 Å². The molecular weight excluding hydrogens is 274 g/mol. The highest BCUT2D eigenvalue weighted by Crippen LogP contribution is 2.29. The third kappa shape index (κ3) is 2.06. The van der Waals surface area contributed by atoms with Gasteiger partial charge in [-0.2, -0.15) is 5.26 Å². The van der Waals surface area contributed by atoms with Gasteiger partial charge in [0.05, 0.1) is 24.3 Å². The van der Waals surface area contributed by atoms with Crippen molar-refractivity contribution in [2.45, 2.75) is 0 Å². The second-order valence-electron chi connectivity index (χ2n) is 4.24. The predicted molar refractivity (Wildman–Crippen MR) is 74.0 cm³/mol. The lowest BCUT2D eigenvalue weighted by Gasteiger charge is -2.05. The number of aromatic amines is 3. The van der Waals surface area contributed by atoms with Crippen molar-refractivity contribution in [3.63, 3.8) is 0 Å². The molecule has 3 aromatic rings. The molecule has 0 fully saturated rings. The van der Waals surface area contributed by atoms with Gasteiger partial charge in [-0.25, -0.2) is 9.78 Å². The van der Waals surface area contributed by atoms with Gasteiger partial charge in [0.1, 0.15) is 17.1 Å². The first-order valence-electron chi connectivity index (χ1n) is 5.93. The van der Waals surface area contributed by atoms with Crippen LogP contribution in [0.5, 0.6) is 5.75 Å².